The average molecular weight is 371 g/mol. The van der Waals surface area contributed by atoms with Crippen LogP contribution in [0.3, 0.4) is 0 Å². The quantitative estimate of drug-likeness (QED) is 0.758. The molecule has 1 aliphatic heterocycles. The zero-order valence-electron chi connectivity index (χ0n) is 13.3. The molecule has 1 saturated heterocycles. The van der Waals surface area contributed by atoms with Gasteiger partial charge in [0.2, 0.25) is 0 Å². The van der Waals surface area contributed by atoms with Crippen molar-refractivity contribution in [2.75, 3.05) is 13.1 Å². The van der Waals surface area contributed by atoms with E-state index in [2.05, 4.69) is 0 Å². The maximum atomic E-state index is 12.5. The number of thiophene rings is 1. The summed E-state index contributed by atoms with van der Waals surface area (Å²) in [5.74, 6) is -0.676. The minimum Gasteiger partial charge on any atom is -0.454 e. The minimum atomic E-state index is -3.46. The van der Waals surface area contributed by atoms with Crippen molar-refractivity contribution in [1.82, 2.24) is 4.31 Å². The van der Waals surface area contributed by atoms with E-state index in [1.165, 1.54) is 15.6 Å². The predicted octanol–water partition coefficient (Wildman–Crippen LogP) is 2.20. The SMILES string of the molecule is O=C(OC1CCCCC1=O)C1CCN(S(=O)(=O)c2cccs2)CC1. The highest BCUT2D eigenvalue weighted by molar-refractivity contribution is 7.91. The molecule has 0 N–H and O–H groups in total. The third-order valence-corrected chi connectivity index (χ3v) is 7.91. The van der Waals surface area contributed by atoms with Crippen molar-refractivity contribution >= 4 is 33.1 Å². The lowest BCUT2D eigenvalue weighted by atomic mass is 9.95. The van der Waals surface area contributed by atoms with Gasteiger partial charge in [0.05, 0.1) is 5.92 Å². The van der Waals surface area contributed by atoms with Crippen molar-refractivity contribution in [1.29, 1.82) is 0 Å². The molecule has 0 bridgehead atoms. The van der Waals surface area contributed by atoms with Gasteiger partial charge >= 0.3 is 5.97 Å². The first-order valence-corrected chi connectivity index (χ1v) is 10.6. The standard InChI is InChI=1S/C16H21NO5S2/c18-13-4-1-2-5-14(13)22-16(19)12-7-9-17(10-8-12)24(20,21)15-6-3-11-23-15/h3,6,11-12,14H,1-2,4-5,7-10H2. The van der Waals surface area contributed by atoms with Gasteiger partial charge in [0.15, 0.2) is 11.9 Å². The number of carbonyl (C=O) groups excluding carboxylic acids is 2. The van der Waals surface area contributed by atoms with E-state index in [-0.39, 0.29) is 17.7 Å². The molecule has 0 radical (unpaired) electrons. The fourth-order valence-corrected chi connectivity index (χ4v) is 5.80. The van der Waals surface area contributed by atoms with Crippen LogP contribution >= 0.6 is 11.3 Å². The molecule has 1 aromatic heterocycles. The van der Waals surface area contributed by atoms with Crippen molar-refractivity contribution in [2.45, 2.75) is 48.8 Å². The molecule has 8 heteroatoms. The summed E-state index contributed by atoms with van der Waals surface area (Å²) in [6.07, 6.45) is 3.13. The van der Waals surface area contributed by atoms with Gasteiger partial charge in [-0.2, -0.15) is 4.31 Å². The van der Waals surface area contributed by atoms with Crippen molar-refractivity contribution in [3.8, 4) is 0 Å². The molecule has 0 amide bonds. The summed E-state index contributed by atoms with van der Waals surface area (Å²) in [6.45, 7) is 0.608. The van der Waals surface area contributed by atoms with Crippen LogP contribution in [0, 0.1) is 5.92 Å². The number of hydrogen-bond donors (Lipinski definition) is 0. The highest BCUT2D eigenvalue weighted by atomic mass is 32.2. The Kier molecular flexibility index (Phi) is 5.36. The molecule has 1 unspecified atom stereocenters. The number of ketones is 1. The topological polar surface area (TPSA) is 80.8 Å². The van der Waals surface area contributed by atoms with Gasteiger partial charge in [-0.15, -0.1) is 11.3 Å². The van der Waals surface area contributed by atoms with Gasteiger partial charge < -0.3 is 4.74 Å². The lowest BCUT2D eigenvalue weighted by molar-refractivity contribution is -0.161. The molecule has 0 spiro atoms. The molecule has 2 heterocycles. The monoisotopic (exact) mass is 371 g/mol. The first-order valence-electron chi connectivity index (χ1n) is 8.25. The van der Waals surface area contributed by atoms with Crippen molar-refractivity contribution < 1.29 is 22.7 Å². The van der Waals surface area contributed by atoms with Gasteiger partial charge in [-0.05, 0) is 43.6 Å². The predicted molar refractivity (Wildman–Crippen MR) is 89.2 cm³/mol. The lowest BCUT2D eigenvalue weighted by Gasteiger charge is -2.31. The highest BCUT2D eigenvalue weighted by Gasteiger charge is 2.35. The van der Waals surface area contributed by atoms with Gasteiger partial charge in [0, 0.05) is 19.5 Å². The number of piperidine rings is 1. The second-order valence-electron chi connectivity index (χ2n) is 6.25. The summed E-state index contributed by atoms with van der Waals surface area (Å²) < 4.78 is 32.1. The molecular weight excluding hydrogens is 350 g/mol. The summed E-state index contributed by atoms with van der Waals surface area (Å²) in [7, 11) is -3.46. The Morgan fingerprint density at radius 1 is 1.21 bits per heavy atom. The third-order valence-electron chi connectivity index (χ3n) is 4.63. The Morgan fingerprint density at radius 2 is 1.96 bits per heavy atom. The third kappa shape index (κ3) is 3.70. The van der Waals surface area contributed by atoms with E-state index in [1.54, 1.807) is 17.5 Å². The minimum absolute atomic E-state index is 0.00677. The van der Waals surface area contributed by atoms with E-state index >= 15 is 0 Å². The summed E-state index contributed by atoms with van der Waals surface area (Å²) >= 11 is 1.20. The van der Waals surface area contributed by atoms with Crippen LogP contribution in [0.5, 0.6) is 0 Å². The van der Waals surface area contributed by atoms with Crippen LogP contribution in [0.25, 0.3) is 0 Å². The maximum Gasteiger partial charge on any atom is 0.309 e. The molecular formula is C16H21NO5S2. The van der Waals surface area contributed by atoms with E-state index in [1.807, 2.05) is 0 Å². The summed E-state index contributed by atoms with van der Waals surface area (Å²) in [4.78, 5) is 24.0. The largest absolute Gasteiger partial charge is 0.454 e. The molecule has 1 aromatic rings. The van der Waals surface area contributed by atoms with Crippen LogP contribution in [0.1, 0.15) is 38.5 Å². The van der Waals surface area contributed by atoms with E-state index in [4.69, 9.17) is 4.74 Å². The second kappa shape index (κ2) is 7.33. The zero-order chi connectivity index (χ0) is 17.2. The van der Waals surface area contributed by atoms with Crippen molar-refractivity contribution in [3.05, 3.63) is 17.5 Å². The lowest BCUT2D eigenvalue weighted by Crippen LogP contribution is -2.41. The number of rotatable bonds is 4. The second-order valence-corrected chi connectivity index (χ2v) is 9.36. The van der Waals surface area contributed by atoms with E-state index in [0.29, 0.717) is 43.0 Å². The highest BCUT2D eigenvalue weighted by Crippen LogP contribution is 2.28. The number of hydrogen-bond acceptors (Lipinski definition) is 6. The maximum absolute atomic E-state index is 12.5. The van der Waals surface area contributed by atoms with E-state index in [9.17, 15) is 18.0 Å². The Balaban J connectivity index is 1.55. The Hall–Kier alpha value is -1.25. The Bertz CT molecular complexity index is 690. The first kappa shape index (κ1) is 17.6. The average Bonchev–Trinajstić information content (AvgIpc) is 3.12. The van der Waals surface area contributed by atoms with Gasteiger partial charge in [0.25, 0.3) is 10.0 Å². The van der Waals surface area contributed by atoms with Crippen LogP contribution in [-0.2, 0) is 24.3 Å². The van der Waals surface area contributed by atoms with Crippen LogP contribution < -0.4 is 0 Å². The number of ether oxygens (including phenoxy) is 1. The van der Waals surface area contributed by atoms with Gasteiger partial charge in [-0.25, -0.2) is 8.42 Å². The van der Waals surface area contributed by atoms with E-state index < -0.39 is 16.1 Å². The molecule has 3 rings (SSSR count). The fourth-order valence-electron chi connectivity index (χ4n) is 3.18. The molecule has 132 valence electrons. The van der Waals surface area contributed by atoms with Crippen LogP contribution in [0.15, 0.2) is 21.7 Å². The van der Waals surface area contributed by atoms with Crippen LogP contribution in [-0.4, -0.2) is 43.7 Å². The molecule has 6 nitrogen and oxygen atoms in total. The van der Waals surface area contributed by atoms with Crippen LogP contribution in [0.2, 0.25) is 0 Å². The smallest absolute Gasteiger partial charge is 0.309 e. The number of carbonyl (C=O) groups is 2. The molecule has 2 fully saturated rings. The Morgan fingerprint density at radius 3 is 2.58 bits per heavy atom. The molecule has 2 aliphatic rings. The molecule has 1 aliphatic carbocycles. The van der Waals surface area contributed by atoms with Crippen LogP contribution in [0.4, 0.5) is 0 Å². The van der Waals surface area contributed by atoms with Gasteiger partial charge in [-0.3, -0.25) is 9.59 Å². The van der Waals surface area contributed by atoms with Gasteiger partial charge in [0.1, 0.15) is 4.21 Å². The number of Topliss-reactive ketones (excluding diaryl/α,β-unsaturated/α-hetero) is 1. The summed E-state index contributed by atoms with van der Waals surface area (Å²) in [5, 5.41) is 1.73. The fraction of sp³-hybridized carbons (Fsp3) is 0.625. The number of nitrogens with zero attached hydrogens (tertiary/aromatic N) is 1. The first-order chi connectivity index (χ1) is 11.5. The Labute approximate surface area is 145 Å². The number of esters is 1. The molecule has 0 aromatic carbocycles. The summed E-state index contributed by atoms with van der Waals surface area (Å²) in [5.41, 5.74) is 0. The number of sulfonamides is 1. The molecule has 1 atom stereocenters. The zero-order valence-corrected chi connectivity index (χ0v) is 15.0. The van der Waals surface area contributed by atoms with Crippen molar-refractivity contribution in [2.24, 2.45) is 5.92 Å². The summed E-state index contributed by atoms with van der Waals surface area (Å²) in [6, 6.07) is 3.30. The van der Waals surface area contributed by atoms with E-state index in [0.717, 1.165) is 12.8 Å². The molecule has 1 saturated carbocycles. The van der Waals surface area contributed by atoms with Gasteiger partial charge in [-0.1, -0.05) is 6.07 Å². The molecule has 24 heavy (non-hydrogen) atoms. The normalized spacial score (nSPS) is 24.0. The van der Waals surface area contributed by atoms with Crippen molar-refractivity contribution in [3.63, 3.8) is 0 Å².